The fraction of sp³-hybridized carbons (Fsp3) is 0.143. The normalized spacial score (nSPS) is 14.3. The molecule has 1 aromatic carbocycles. The van der Waals surface area contributed by atoms with E-state index in [1.807, 2.05) is 11.8 Å². The van der Waals surface area contributed by atoms with Crippen LogP contribution in [0.25, 0.3) is 0 Å². The highest BCUT2D eigenvalue weighted by molar-refractivity contribution is 9.10. The van der Waals surface area contributed by atoms with Gasteiger partial charge in [-0.2, -0.15) is 0 Å². The van der Waals surface area contributed by atoms with E-state index in [-0.39, 0.29) is 0 Å². The molecule has 2 bridgehead atoms. The molecule has 0 amide bonds. The van der Waals surface area contributed by atoms with Crippen LogP contribution < -0.4 is 0 Å². The van der Waals surface area contributed by atoms with Crippen molar-refractivity contribution in [1.29, 1.82) is 0 Å². The molecule has 0 unspecified atom stereocenters. The molecule has 0 aliphatic carbocycles. The molecule has 0 spiro atoms. The zero-order valence-electron chi connectivity index (χ0n) is 4.73. The maximum Gasteiger partial charge on any atom is 0.0351 e. The minimum atomic E-state index is 1.14. The molecule has 0 fully saturated rings. The van der Waals surface area contributed by atoms with Gasteiger partial charge in [-0.05, 0) is 27.6 Å². The predicted octanol–water partition coefficient (Wildman–Crippen LogP) is 3.05. The van der Waals surface area contributed by atoms with Crippen LogP contribution in [0.5, 0.6) is 0 Å². The molecule has 0 N–H and O–H groups in total. The summed E-state index contributed by atoms with van der Waals surface area (Å²) < 4.78 is 1.30. The van der Waals surface area contributed by atoms with Crippen LogP contribution in [-0.2, 0) is 5.75 Å². The van der Waals surface area contributed by atoms with Gasteiger partial charge in [0.25, 0.3) is 0 Å². The Labute approximate surface area is 66.8 Å². The molecule has 0 saturated heterocycles. The van der Waals surface area contributed by atoms with Crippen molar-refractivity contribution < 1.29 is 0 Å². The third-order valence-corrected chi connectivity index (χ3v) is 3.73. The van der Waals surface area contributed by atoms with Gasteiger partial charge in [-0.3, -0.25) is 0 Å². The van der Waals surface area contributed by atoms with Gasteiger partial charge in [0.2, 0.25) is 0 Å². The number of fused-ring (bicyclic) bond motifs is 2. The Kier molecular flexibility index (Phi) is 1.31. The highest BCUT2D eigenvalue weighted by Crippen LogP contribution is 2.40. The Hall–Kier alpha value is 0.0500. The van der Waals surface area contributed by atoms with Crippen molar-refractivity contribution in [3.05, 3.63) is 28.2 Å². The molecule has 46 valence electrons. The number of halogens is 1. The van der Waals surface area contributed by atoms with Crippen LogP contribution >= 0.6 is 27.7 Å². The van der Waals surface area contributed by atoms with Crippen LogP contribution in [0.3, 0.4) is 0 Å². The first kappa shape index (κ1) is 5.81. The zero-order chi connectivity index (χ0) is 6.27. The predicted molar refractivity (Wildman–Crippen MR) is 43.7 cm³/mol. The number of rotatable bonds is 0. The lowest BCUT2D eigenvalue weighted by Gasteiger charge is -1.90. The Morgan fingerprint density at radius 1 is 1.44 bits per heavy atom. The van der Waals surface area contributed by atoms with E-state index >= 15 is 0 Å². The molecule has 1 heterocycles. The minimum Gasteiger partial charge on any atom is -0.120 e. The summed E-state index contributed by atoms with van der Waals surface area (Å²) in [4.78, 5) is 1.38. The molecule has 9 heavy (non-hydrogen) atoms. The largest absolute Gasteiger partial charge is 0.120 e. The van der Waals surface area contributed by atoms with Gasteiger partial charge < -0.3 is 0 Å². The lowest BCUT2D eigenvalue weighted by Crippen LogP contribution is -1.70. The zero-order valence-corrected chi connectivity index (χ0v) is 7.13. The van der Waals surface area contributed by atoms with E-state index in [9.17, 15) is 0 Å². The summed E-state index contributed by atoms with van der Waals surface area (Å²) in [5.41, 5.74) is 1.43. The van der Waals surface area contributed by atoms with Crippen molar-refractivity contribution >= 4 is 27.7 Å². The van der Waals surface area contributed by atoms with Crippen molar-refractivity contribution in [2.24, 2.45) is 0 Å². The van der Waals surface area contributed by atoms with Crippen molar-refractivity contribution in [2.75, 3.05) is 0 Å². The summed E-state index contributed by atoms with van der Waals surface area (Å²) in [6.07, 6.45) is 0. The topological polar surface area (TPSA) is 0 Å². The number of hydrogen-bond acceptors (Lipinski definition) is 1. The van der Waals surface area contributed by atoms with Crippen molar-refractivity contribution in [3.63, 3.8) is 0 Å². The van der Waals surface area contributed by atoms with Gasteiger partial charge in [0.15, 0.2) is 0 Å². The van der Waals surface area contributed by atoms with Gasteiger partial charge in [-0.1, -0.05) is 12.1 Å². The Morgan fingerprint density at radius 3 is 3.00 bits per heavy atom. The Balaban J connectivity index is 2.71. The van der Waals surface area contributed by atoms with E-state index in [1.165, 1.54) is 14.9 Å². The van der Waals surface area contributed by atoms with Crippen LogP contribution in [0.1, 0.15) is 5.56 Å². The first-order chi connectivity index (χ1) is 4.38. The molecule has 0 radical (unpaired) electrons. The molecular formula is C7H5BrS. The van der Waals surface area contributed by atoms with Crippen LogP contribution in [0.2, 0.25) is 0 Å². The molecule has 0 atom stereocenters. The molecular weight excluding hydrogens is 196 g/mol. The minimum absolute atomic E-state index is 1.14. The van der Waals surface area contributed by atoms with E-state index in [4.69, 9.17) is 0 Å². The second-order valence-electron chi connectivity index (χ2n) is 2.02. The molecule has 2 heteroatoms. The quantitative estimate of drug-likeness (QED) is 0.621. The van der Waals surface area contributed by atoms with Crippen molar-refractivity contribution in [1.82, 2.24) is 0 Å². The second-order valence-corrected chi connectivity index (χ2v) is 3.83. The van der Waals surface area contributed by atoms with E-state index < -0.39 is 0 Å². The van der Waals surface area contributed by atoms with Crippen molar-refractivity contribution in [3.8, 4) is 0 Å². The second kappa shape index (κ2) is 2.03. The molecule has 1 aromatic rings. The number of thioether (sulfide) groups is 1. The van der Waals surface area contributed by atoms with Gasteiger partial charge in [0, 0.05) is 15.1 Å². The Morgan fingerprint density at radius 2 is 2.33 bits per heavy atom. The monoisotopic (exact) mass is 200 g/mol. The lowest BCUT2D eigenvalue weighted by atomic mass is 10.2. The van der Waals surface area contributed by atoms with E-state index in [1.54, 1.807) is 0 Å². The van der Waals surface area contributed by atoms with Crippen LogP contribution in [0, 0.1) is 0 Å². The van der Waals surface area contributed by atoms with Gasteiger partial charge in [-0.25, -0.2) is 0 Å². The smallest absolute Gasteiger partial charge is 0.0351 e. The van der Waals surface area contributed by atoms with E-state index in [2.05, 4.69) is 34.1 Å². The summed E-state index contributed by atoms with van der Waals surface area (Å²) in [5, 5.41) is 0. The molecule has 0 saturated carbocycles. The average Bonchev–Trinajstić information content (AvgIpc) is 2.19. The molecule has 0 aromatic heterocycles. The third-order valence-electron chi connectivity index (χ3n) is 1.43. The number of benzene rings is 1. The summed E-state index contributed by atoms with van der Waals surface area (Å²) in [7, 11) is 0. The molecule has 1 aliphatic rings. The lowest BCUT2D eigenvalue weighted by molar-refractivity contribution is 1.36. The molecule has 2 rings (SSSR count). The summed E-state index contributed by atoms with van der Waals surface area (Å²) in [6, 6.07) is 6.41. The highest BCUT2D eigenvalue weighted by Gasteiger charge is 2.12. The maximum absolute atomic E-state index is 3.52. The van der Waals surface area contributed by atoms with Crippen molar-refractivity contribution in [2.45, 2.75) is 10.6 Å². The fourth-order valence-electron chi connectivity index (χ4n) is 0.935. The summed E-state index contributed by atoms with van der Waals surface area (Å²) in [6.45, 7) is 0. The first-order valence-corrected chi connectivity index (χ1v) is 4.56. The molecule has 0 nitrogen and oxygen atoms in total. The van der Waals surface area contributed by atoms with Gasteiger partial charge in [0.1, 0.15) is 0 Å². The van der Waals surface area contributed by atoms with Crippen LogP contribution in [0.4, 0.5) is 0 Å². The maximum atomic E-state index is 3.52. The fourth-order valence-corrected chi connectivity index (χ4v) is 2.85. The van der Waals surface area contributed by atoms with Gasteiger partial charge in [0.05, 0.1) is 0 Å². The van der Waals surface area contributed by atoms with Crippen LogP contribution in [0.15, 0.2) is 27.6 Å². The molecule has 1 aliphatic heterocycles. The summed E-state index contributed by atoms with van der Waals surface area (Å²) in [5.74, 6) is 1.14. The SMILES string of the molecule is Brc1c2cccc1SC2. The standard InChI is InChI=1S/C7H5BrS/c8-7-5-2-1-3-6(7)9-4-5/h1-3H,4H2. The first-order valence-electron chi connectivity index (χ1n) is 2.78. The highest BCUT2D eigenvalue weighted by atomic mass is 79.9. The van der Waals surface area contributed by atoms with Crippen LogP contribution in [-0.4, -0.2) is 0 Å². The van der Waals surface area contributed by atoms with E-state index in [0.29, 0.717) is 0 Å². The summed E-state index contributed by atoms with van der Waals surface area (Å²) >= 11 is 5.42. The van der Waals surface area contributed by atoms with Gasteiger partial charge in [-0.15, -0.1) is 11.8 Å². The average molecular weight is 201 g/mol. The number of hydrogen-bond donors (Lipinski definition) is 0. The van der Waals surface area contributed by atoms with E-state index in [0.717, 1.165) is 5.75 Å². The van der Waals surface area contributed by atoms with Gasteiger partial charge >= 0.3 is 0 Å². The third kappa shape index (κ3) is 0.812. The Bertz CT molecular complexity index is 222.